The van der Waals surface area contributed by atoms with Gasteiger partial charge in [0.15, 0.2) is 6.61 Å². The summed E-state index contributed by atoms with van der Waals surface area (Å²) in [5, 5.41) is 3.23. The van der Waals surface area contributed by atoms with E-state index in [1.54, 1.807) is 13.0 Å². The lowest BCUT2D eigenvalue weighted by Gasteiger charge is -2.08. The van der Waals surface area contributed by atoms with E-state index in [-0.39, 0.29) is 12.1 Å². The summed E-state index contributed by atoms with van der Waals surface area (Å²) in [6.07, 6.45) is 1.52. The molecule has 0 bridgehead atoms. The highest BCUT2D eigenvalue weighted by molar-refractivity contribution is 5.93. The maximum Gasteiger partial charge on any atom is 0.310 e. The normalized spacial score (nSPS) is 10.8. The predicted octanol–water partition coefficient (Wildman–Crippen LogP) is 4.22. The van der Waals surface area contributed by atoms with E-state index < -0.39 is 24.3 Å². The summed E-state index contributed by atoms with van der Waals surface area (Å²) >= 11 is 0. The van der Waals surface area contributed by atoms with Crippen molar-refractivity contribution in [3.63, 3.8) is 0 Å². The standard InChI is InChI=1S/C21H20FNO4/c1-12-4-7-18(17(22)8-12)23-19(24)11-26-20(25)9-15-10-27-21-14(3)13(2)5-6-16(15)21/h4-8,10H,9,11H2,1-3H3,(H,23,24). The second-order valence-electron chi connectivity index (χ2n) is 6.51. The third-order valence-corrected chi connectivity index (χ3v) is 4.44. The molecule has 3 rings (SSSR count). The smallest absolute Gasteiger partial charge is 0.310 e. The van der Waals surface area contributed by atoms with E-state index in [0.717, 1.165) is 27.7 Å². The number of nitrogens with one attached hydrogen (secondary N) is 1. The number of esters is 1. The van der Waals surface area contributed by atoms with Crippen LogP contribution >= 0.6 is 0 Å². The number of anilines is 1. The van der Waals surface area contributed by atoms with E-state index in [1.165, 1.54) is 18.4 Å². The summed E-state index contributed by atoms with van der Waals surface area (Å²) < 4.78 is 24.3. The van der Waals surface area contributed by atoms with Gasteiger partial charge in [-0.3, -0.25) is 9.59 Å². The Kier molecular flexibility index (Phi) is 5.26. The molecule has 0 atom stereocenters. The number of fused-ring (bicyclic) bond motifs is 1. The van der Waals surface area contributed by atoms with Crippen molar-refractivity contribution in [1.29, 1.82) is 0 Å². The summed E-state index contributed by atoms with van der Waals surface area (Å²) in [5.41, 5.74) is 4.36. The Labute approximate surface area is 156 Å². The molecule has 6 heteroatoms. The zero-order chi connectivity index (χ0) is 19.6. The highest BCUT2D eigenvalue weighted by Gasteiger charge is 2.15. The topological polar surface area (TPSA) is 68.5 Å². The number of carbonyl (C=O) groups is 2. The van der Waals surface area contributed by atoms with E-state index in [0.29, 0.717) is 5.56 Å². The van der Waals surface area contributed by atoms with Gasteiger partial charge in [0.25, 0.3) is 5.91 Å². The molecule has 0 aliphatic carbocycles. The Morgan fingerprint density at radius 2 is 1.93 bits per heavy atom. The SMILES string of the molecule is Cc1ccc(NC(=O)COC(=O)Cc2coc3c(C)c(C)ccc23)c(F)c1. The van der Waals surface area contributed by atoms with Crippen LogP contribution in [0.3, 0.4) is 0 Å². The van der Waals surface area contributed by atoms with Gasteiger partial charge in [-0.2, -0.15) is 0 Å². The van der Waals surface area contributed by atoms with E-state index in [1.807, 2.05) is 26.0 Å². The van der Waals surface area contributed by atoms with E-state index in [9.17, 15) is 14.0 Å². The molecule has 1 N–H and O–H groups in total. The number of ether oxygens (including phenoxy) is 1. The number of amides is 1. The van der Waals surface area contributed by atoms with Gasteiger partial charge < -0.3 is 14.5 Å². The van der Waals surface area contributed by atoms with Crippen molar-refractivity contribution in [2.75, 3.05) is 11.9 Å². The number of hydrogen-bond donors (Lipinski definition) is 1. The Morgan fingerprint density at radius 3 is 2.67 bits per heavy atom. The fourth-order valence-electron chi connectivity index (χ4n) is 2.79. The fourth-order valence-corrected chi connectivity index (χ4v) is 2.79. The summed E-state index contributed by atoms with van der Waals surface area (Å²) in [5.74, 6) is -1.70. The molecule has 0 aliphatic rings. The van der Waals surface area contributed by atoms with Gasteiger partial charge in [0.1, 0.15) is 11.4 Å². The molecule has 1 heterocycles. The van der Waals surface area contributed by atoms with Crippen molar-refractivity contribution in [2.24, 2.45) is 0 Å². The van der Waals surface area contributed by atoms with Crippen molar-refractivity contribution >= 4 is 28.5 Å². The minimum atomic E-state index is -0.602. The first kappa shape index (κ1) is 18.6. The molecule has 3 aromatic rings. The molecule has 0 radical (unpaired) electrons. The first-order chi connectivity index (χ1) is 12.8. The number of halogens is 1. The number of carbonyl (C=O) groups excluding carboxylic acids is 2. The summed E-state index contributed by atoms with van der Waals surface area (Å²) in [7, 11) is 0. The molecular formula is C21H20FNO4. The third-order valence-electron chi connectivity index (χ3n) is 4.44. The zero-order valence-corrected chi connectivity index (χ0v) is 15.4. The van der Waals surface area contributed by atoms with Crippen molar-refractivity contribution in [1.82, 2.24) is 0 Å². The Morgan fingerprint density at radius 1 is 1.15 bits per heavy atom. The molecule has 0 spiro atoms. The van der Waals surface area contributed by atoms with E-state index in [2.05, 4.69) is 5.32 Å². The number of benzene rings is 2. The minimum Gasteiger partial charge on any atom is -0.464 e. The van der Waals surface area contributed by atoms with Crippen LogP contribution in [-0.4, -0.2) is 18.5 Å². The first-order valence-electron chi connectivity index (χ1n) is 8.53. The summed E-state index contributed by atoms with van der Waals surface area (Å²) in [6, 6.07) is 8.32. The molecule has 0 saturated carbocycles. The van der Waals surface area contributed by atoms with Gasteiger partial charge in [-0.05, 0) is 49.6 Å². The number of aryl methyl sites for hydroxylation is 3. The second kappa shape index (κ2) is 7.61. The molecule has 140 valence electrons. The van der Waals surface area contributed by atoms with Crippen LogP contribution in [0.2, 0.25) is 0 Å². The Hall–Kier alpha value is -3.15. The maximum atomic E-state index is 13.7. The predicted molar refractivity (Wildman–Crippen MR) is 100 cm³/mol. The highest BCUT2D eigenvalue weighted by atomic mass is 19.1. The number of furan rings is 1. The first-order valence-corrected chi connectivity index (χ1v) is 8.53. The minimum absolute atomic E-state index is 0.0122. The van der Waals surface area contributed by atoms with Crippen LogP contribution in [0.5, 0.6) is 0 Å². The van der Waals surface area contributed by atoms with Gasteiger partial charge in [0, 0.05) is 10.9 Å². The highest BCUT2D eigenvalue weighted by Crippen LogP contribution is 2.26. The average Bonchev–Trinajstić information content (AvgIpc) is 3.02. The zero-order valence-electron chi connectivity index (χ0n) is 15.4. The number of hydrogen-bond acceptors (Lipinski definition) is 4. The third kappa shape index (κ3) is 4.16. The average molecular weight is 369 g/mol. The molecular weight excluding hydrogens is 349 g/mol. The molecule has 0 unspecified atom stereocenters. The van der Waals surface area contributed by atoms with Crippen LogP contribution < -0.4 is 5.32 Å². The molecule has 5 nitrogen and oxygen atoms in total. The van der Waals surface area contributed by atoms with Crippen molar-refractivity contribution in [3.8, 4) is 0 Å². The van der Waals surface area contributed by atoms with Crippen LogP contribution in [0, 0.1) is 26.6 Å². The van der Waals surface area contributed by atoms with Gasteiger partial charge >= 0.3 is 5.97 Å². The van der Waals surface area contributed by atoms with Crippen LogP contribution in [0.1, 0.15) is 22.3 Å². The van der Waals surface area contributed by atoms with Crippen LogP contribution in [-0.2, 0) is 20.7 Å². The van der Waals surface area contributed by atoms with Gasteiger partial charge in [-0.25, -0.2) is 4.39 Å². The molecule has 2 aromatic carbocycles. The van der Waals surface area contributed by atoms with Crippen molar-refractivity contribution in [2.45, 2.75) is 27.2 Å². The second-order valence-corrected chi connectivity index (χ2v) is 6.51. The fraction of sp³-hybridized carbons (Fsp3) is 0.238. The largest absolute Gasteiger partial charge is 0.464 e. The molecule has 27 heavy (non-hydrogen) atoms. The van der Waals surface area contributed by atoms with Crippen molar-refractivity contribution in [3.05, 3.63) is 64.7 Å². The van der Waals surface area contributed by atoms with Gasteiger partial charge in [-0.15, -0.1) is 0 Å². The van der Waals surface area contributed by atoms with Gasteiger partial charge in [0.05, 0.1) is 18.4 Å². The monoisotopic (exact) mass is 369 g/mol. The summed E-state index contributed by atoms with van der Waals surface area (Å²) in [6.45, 7) is 5.21. The van der Waals surface area contributed by atoms with Crippen LogP contribution in [0.4, 0.5) is 10.1 Å². The van der Waals surface area contributed by atoms with Gasteiger partial charge in [-0.1, -0.05) is 18.2 Å². The van der Waals surface area contributed by atoms with E-state index >= 15 is 0 Å². The molecule has 0 fully saturated rings. The lowest BCUT2D eigenvalue weighted by molar-refractivity contribution is -0.146. The molecule has 1 amide bonds. The Bertz CT molecular complexity index is 1020. The Balaban J connectivity index is 1.58. The molecule has 1 aromatic heterocycles. The lowest BCUT2D eigenvalue weighted by atomic mass is 10.0. The van der Waals surface area contributed by atoms with Crippen LogP contribution in [0.25, 0.3) is 11.0 Å². The lowest BCUT2D eigenvalue weighted by Crippen LogP contribution is -2.22. The van der Waals surface area contributed by atoms with Crippen molar-refractivity contribution < 1.29 is 23.1 Å². The van der Waals surface area contributed by atoms with E-state index in [4.69, 9.17) is 9.15 Å². The molecule has 0 saturated heterocycles. The van der Waals surface area contributed by atoms with Crippen LogP contribution in [0.15, 0.2) is 41.0 Å². The number of rotatable bonds is 5. The quantitative estimate of drug-likeness (QED) is 0.684. The maximum absolute atomic E-state index is 13.7. The van der Waals surface area contributed by atoms with Gasteiger partial charge in [0.2, 0.25) is 0 Å². The molecule has 0 aliphatic heterocycles. The summed E-state index contributed by atoms with van der Waals surface area (Å²) in [4.78, 5) is 23.9.